The number of aromatic nitrogens is 2. The molecule has 6 nitrogen and oxygen atoms in total. The molecular formula is C14H17N3O3S. The minimum absolute atomic E-state index is 0.0601. The number of carbonyl (C=O) groups excluding carboxylic acids is 1. The smallest absolute Gasteiger partial charge is 0.306 e. The minimum atomic E-state index is -0.754. The Kier molecular flexibility index (Phi) is 3.67. The molecule has 21 heavy (non-hydrogen) atoms. The maximum absolute atomic E-state index is 12.3. The highest BCUT2D eigenvalue weighted by Crippen LogP contribution is 2.20. The van der Waals surface area contributed by atoms with Crippen LogP contribution in [-0.2, 0) is 16.0 Å². The molecule has 0 radical (unpaired) electrons. The first-order valence-corrected chi connectivity index (χ1v) is 7.85. The molecule has 1 aliphatic heterocycles. The molecule has 1 aliphatic rings. The highest BCUT2D eigenvalue weighted by Gasteiger charge is 2.27. The first-order valence-electron chi connectivity index (χ1n) is 6.97. The Morgan fingerprint density at radius 3 is 2.81 bits per heavy atom. The summed E-state index contributed by atoms with van der Waals surface area (Å²) in [6.45, 7) is 3.00. The average Bonchev–Trinajstić information content (AvgIpc) is 2.99. The first-order chi connectivity index (χ1) is 10.0. The van der Waals surface area contributed by atoms with Crippen LogP contribution in [0.2, 0.25) is 0 Å². The van der Waals surface area contributed by atoms with Crippen LogP contribution in [0.15, 0.2) is 11.6 Å². The highest BCUT2D eigenvalue weighted by molar-refractivity contribution is 7.15. The van der Waals surface area contributed by atoms with Gasteiger partial charge in [0, 0.05) is 30.4 Å². The Balaban J connectivity index is 1.65. The van der Waals surface area contributed by atoms with E-state index in [4.69, 9.17) is 5.11 Å². The fraction of sp³-hybridized carbons (Fsp3) is 0.500. The van der Waals surface area contributed by atoms with Crippen LogP contribution in [0.25, 0.3) is 4.96 Å². The summed E-state index contributed by atoms with van der Waals surface area (Å²) in [5, 5.41) is 10.9. The van der Waals surface area contributed by atoms with E-state index in [9.17, 15) is 9.59 Å². The molecule has 7 heteroatoms. The van der Waals surface area contributed by atoms with Crippen molar-refractivity contribution in [3.05, 3.63) is 23.0 Å². The molecule has 3 heterocycles. The van der Waals surface area contributed by atoms with Crippen molar-refractivity contribution in [2.75, 3.05) is 13.1 Å². The van der Waals surface area contributed by atoms with Gasteiger partial charge in [0.2, 0.25) is 5.91 Å². The van der Waals surface area contributed by atoms with E-state index in [1.165, 1.54) is 11.3 Å². The van der Waals surface area contributed by atoms with Crippen molar-refractivity contribution in [2.45, 2.75) is 26.2 Å². The molecule has 0 aliphatic carbocycles. The lowest BCUT2D eigenvalue weighted by molar-refractivity contribution is -0.145. The predicted octanol–water partition coefficient (Wildman–Crippen LogP) is 1.57. The van der Waals surface area contributed by atoms with Crippen molar-refractivity contribution in [3.63, 3.8) is 0 Å². The van der Waals surface area contributed by atoms with Gasteiger partial charge in [-0.15, -0.1) is 11.3 Å². The number of likely N-dealkylation sites (tertiary alicyclic amines) is 1. The summed E-state index contributed by atoms with van der Waals surface area (Å²) in [7, 11) is 0. The van der Waals surface area contributed by atoms with Crippen molar-refractivity contribution in [1.29, 1.82) is 0 Å². The second-order valence-corrected chi connectivity index (χ2v) is 6.27. The van der Waals surface area contributed by atoms with E-state index in [-0.39, 0.29) is 11.8 Å². The third-order valence-electron chi connectivity index (χ3n) is 3.93. The third kappa shape index (κ3) is 2.78. The molecule has 1 N–H and O–H groups in total. The number of imidazole rings is 1. The fourth-order valence-electron chi connectivity index (χ4n) is 2.71. The van der Waals surface area contributed by atoms with Crippen LogP contribution in [0.3, 0.4) is 0 Å². The molecule has 1 saturated heterocycles. The summed E-state index contributed by atoms with van der Waals surface area (Å²) < 4.78 is 1.96. The van der Waals surface area contributed by atoms with Crippen LogP contribution in [0.4, 0.5) is 0 Å². The highest BCUT2D eigenvalue weighted by atomic mass is 32.1. The number of rotatable bonds is 3. The second kappa shape index (κ2) is 5.48. The lowest BCUT2D eigenvalue weighted by Gasteiger charge is -2.30. The van der Waals surface area contributed by atoms with Gasteiger partial charge in [-0.05, 0) is 19.8 Å². The summed E-state index contributed by atoms with van der Waals surface area (Å²) in [5.74, 6) is -1.00. The average molecular weight is 307 g/mol. The Hall–Kier alpha value is -1.89. The van der Waals surface area contributed by atoms with Gasteiger partial charge in [0.15, 0.2) is 4.96 Å². The topological polar surface area (TPSA) is 74.9 Å². The van der Waals surface area contributed by atoms with E-state index in [1.807, 2.05) is 22.9 Å². The molecule has 0 aromatic carbocycles. The van der Waals surface area contributed by atoms with Crippen molar-refractivity contribution >= 4 is 28.2 Å². The van der Waals surface area contributed by atoms with E-state index < -0.39 is 5.97 Å². The number of aryl methyl sites for hydroxylation is 1. The number of hydrogen-bond acceptors (Lipinski definition) is 4. The van der Waals surface area contributed by atoms with Crippen molar-refractivity contribution in [1.82, 2.24) is 14.3 Å². The van der Waals surface area contributed by atoms with Gasteiger partial charge in [0.05, 0.1) is 18.0 Å². The molecule has 0 unspecified atom stereocenters. The lowest BCUT2D eigenvalue weighted by Crippen LogP contribution is -2.41. The van der Waals surface area contributed by atoms with Gasteiger partial charge in [0.1, 0.15) is 0 Å². The molecule has 1 fully saturated rings. The van der Waals surface area contributed by atoms with Gasteiger partial charge in [-0.25, -0.2) is 4.98 Å². The molecular weight excluding hydrogens is 290 g/mol. The quantitative estimate of drug-likeness (QED) is 0.934. The number of carboxylic acids is 1. The Labute approximate surface area is 126 Å². The molecule has 0 saturated carbocycles. The van der Waals surface area contributed by atoms with Crippen molar-refractivity contribution < 1.29 is 14.7 Å². The zero-order valence-electron chi connectivity index (χ0n) is 11.8. The van der Waals surface area contributed by atoms with Crippen LogP contribution in [0.1, 0.15) is 24.2 Å². The normalized spacial score (nSPS) is 16.5. The van der Waals surface area contributed by atoms with Crippen molar-refractivity contribution in [2.24, 2.45) is 5.92 Å². The van der Waals surface area contributed by atoms with Crippen molar-refractivity contribution in [3.8, 4) is 0 Å². The minimum Gasteiger partial charge on any atom is -0.481 e. The monoisotopic (exact) mass is 307 g/mol. The van der Waals surface area contributed by atoms with Gasteiger partial charge in [0.25, 0.3) is 0 Å². The van der Waals surface area contributed by atoms with E-state index in [1.54, 1.807) is 4.90 Å². The van der Waals surface area contributed by atoms with Gasteiger partial charge >= 0.3 is 5.97 Å². The molecule has 2 aromatic heterocycles. The lowest BCUT2D eigenvalue weighted by atomic mass is 9.97. The number of thiazole rings is 1. The SMILES string of the molecule is Cc1cn2c(CC(=O)N3CCC(C(=O)O)CC3)csc2n1. The number of aliphatic carboxylic acids is 1. The number of hydrogen-bond donors (Lipinski definition) is 1. The summed E-state index contributed by atoms with van der Waals surface area (Å²) >= 11 is 1.53. The number of carbonyl (C=O) groups is 2. The molecule has 2 aromatic rings. The molecule has 112 valence electrons. The number of carboxylic acid groups (broad SMARTS) is 1. The zero-order chi connectivity index (χ0) is 15.0. The molecule has 1 amide bonds. The maximum Gasteiger partial charge on any atom is 0.306 e. The number of fused-ring (bicyclic) bond motifs is 1. The van der Waals surface area contributed by atoms with Crippen LogP contribution in [0.5, 0.6) is 0 Å². The largest absolute Gasteiger partial charge is 0.481 e. The molecule has 3 rings (SSSR count). The van der Waals surface area contributed by atoms with E-state index in [0.29, 0.717) is 32.4 Å². The third-order valence-corrected chi connectivity index (χ3v) is 4.82. The van der Waals surface area contributed by atoms with Crippen LogP contribution < -0.4 is 0 Å². The van der Waals surface area contributed by atoms with Crippen LogP contribution in [0, 0.1) is 12.8 Å². The summed E-state index contributed by atoms with van der Waals surface area (Å²) in [6.07, 6.45) is 3.37. The number of piperidine rings is 1. The number of nitrogens with zero attached hydrogens (tertiary/aromatic N) is 3. The summed E-state index contributed by atoms with van der Waals surface area (Å²) in [5.41, 5.74) is 1.89. The summed E-state index contributed by atoms with van der Waals surface area (Å²) in [4.78, 5) is 30.3. The van der Waals surface area contributed by atoms with Gasteiger partial charge in [-0.1, -0.05) is 0 Å². The van der Waals surface area contributed by atoms with E-state index in [0.717, 1.165) is 16.3 Å². The van der Waals surface area contributed by atoms with Gasteiger partial charge in [-0.3, -0.25) is 14.0 Å². The molecule has 0 bridgehead atoms. The van der Waals surface area contributed by atoms with E-state index >= 15 is 0 Å². The molecule has 0 atom stereocenters. The predicted molar refractivity (Wildman–Crippen MR) is 78.4 cm³/mol. The standard InChI is InChI=1S/C14H17N3O3S/c1-9-7-17-11(8-21-14(17)15-9)6-12(18)16-4-2-10(3-5-16)13(19)20/h7-8,10H,2-6H2,1H3,(H,19,20). The van der Waals surface area contributed by atoms with Crippen LogP contribution >= 0.6 is 11.3 Å². The van der Waals surface area contributed by atoms with E-state index in [2.05, 4.69) is 4.98 Å². The zero-order valence-corrected chi connectivity index (χ0v) is 12.6. The Morgan fingerprint density at radius 1 is 1.43 bits per heavy atom. The Bertz CT molecular complexity index is 683. The molecule has 0 spiro atoms. The fourth-order valence-corrected chi connectivity index (χ4v) is 3.63. The van der Waals surface area contributed by atoms with Gasteiger partial charge < -0.3 is 10.0 Å². The first kappa shape index (κ1) is 14.1. The van der Waals surface area contributed by atoms with Gasteiger partial charge in [-0.2, -0.15) is 0 Å². The summed E-state index contributed by atoms with van der Waals surface area (Å²) in [6, 6.07) is 0. The maximum atomic E-state index is 12.3. The second-order valence-electron chi connectivity index (χ2n) is 5.43. The van der Waals surface area contributed by atoms with Crippen LogP contribution in [-0.4, -0.2) is 44.4 Å². The Morgan fingerprint density at radius 2 is 2.14 bits per heavy atom. The number of amides is 1.